The number of fused-ring (bicyclic) bond motifs is 6. The first kappa shape index (κ1) is 36.6. The molecule has 0 unspecified atom stereocenters. The van der Waals surface area contributed by atoms with Crippen LogP contribution in [0.1, 0.15) is 135 Å². The van der Waals surface area contributed by atoms with Crippen molar-refractivity contribution in [1.82, 2.24) is 0 Å². The van der Waals surface area contributed by atoms with E-state index >= 15 is 0 Å². The van der Waals surface area contributed by atoms with Gasteiger partial charge in [-0.2, -0.15) is 0 Å². The minimum absolute atomic E-state index is 0. The van der Waals surface area contributed by atoms with Crippen LogP contribution in [-0.4, -0.2) is 0 Å². The summed E-state index contributed by atoms with van der Waals surface area (Å²) in [7, 11) is 0. The van der Waals surface area contributed by atoms with Crippen LogP contribution in [0.15, 0.2) is 72.8 Å². The summed E-state index contributed by atoms with van der Waals surface area (Å²) in [4.78, 5) is 0. The van der Waals surface area contributed by atoms with Crippen LogP contribution in [0.2, 0.25) is 8.26 Å². The molecular formula is C44H54Cl2Zr. The van der Waals surface area contributed by atoms with E-state index in [4.69, 9.17) is 0 Å². The van der Waals surface area contributed by atoms with Gasteiger partial charge in [-0.05, 0) is 0 Å². The van der Waals surface area contributed by atoms with E-state index in [9.17, 15) is 0 Å². The van der Waals surface area contributed by atoms with E-state index in [1.807, 2.05) is 0 Å². The Kier molecular flexibility index (Phi) is 9.12. The molecule has 0 aromatic heterocycles. The number of rotatable bonds is 2. The summed E-state index contributed by atoms with van der Waals surface area (Å²) in [5, 5.41) is 0. The van der Waals surface area contributed by atoms with E-state index in [1.165, 1.54) is 52.8 Å². The molecular weight excluding hydrogens is 691 g/mol. The van der Waals surface area contributed by atoms with E-state index < -0.39 is 20.3 Å². The maximum atomic E-state index is 2.65. The summed E-state index contributed by atoms with van der Waals surface area (Å²) in [6.45, 7) is 28.6. The van der Waals surface area contributed by atoms with Crippen LogP contribution in [0.5, 0.6) is 0 Å². The van der Waals surface area contributed by atoms with Gasteiger partial charge in [0, 0.05) is 0 Å². The van der Waals surface area contributed by atoms with Gasteiger partial charge in [0.15, 0.2) is 0 Å². The second-order valence-corrected chi connectivity index (χ2v) is 30.2. The zero-order valence-corrected chi connectivity index (χ0v) is 34.7. The van der Waals surface area contributed by atoms with Gasteiger partial charge in [-0.15, -0.1) is 0 Å². The molecule has 2 aliphatic carbocycles. The first-order chi connectivity index (χ1) is 20.8. The zero-order valence-electron chi connectivity index (χ0n) is 30.8. The van der Waals surface area contributed by atoms with E-state index in [0.29, 0.717) is 7.25 Å². The summed E-state index contributed by atoms with van der Waals surface area (Å²) in [6, 6.07) is 30.2. The second-order valence-electron chi connectivity index (χ2n) is 18.8. The van der Waals surface area contributed by atoms with E-state index in [0.717, 1.165) is 0 Å². The average molecular weight is 745 g/mol. The molecule has 0 amide bonds. The average Bonchev–Trinajstić information content (AvgIpc) is 3.54. The molecule has 7 rings (SSSR count). The molecule has 3 aliphatic rings. The van der Waals surface area contributed by atoms with E-state index in [1.54, 1.807) is 22.3 Å². The maximum absolute atomic E-state index is 2.98. The Labute approximate surface area is 302 Å². The fraction of sp³-hybridized carbons (Fsp3) is 0.455. The summed E-state index contributed by atoms with van der Waals surface area (Å²) < 4.78 is 4.13. The van der Waals surface area contributed by atoms with Crippen molar-refractivity contribution in [2.24, 2.45) is 0 Å². The molecule has 0 saturated carbocycles. The Hall–Kier alpha value is -1.66. The molecule has 1 saturated heterocycles. The molecule has 0 spiro atoms. The van der Waals surface area contributed by atoms with Crippen molar-refractivity contribution in [3.63, 3.8) is 0 Å². The number of hydrogen-bond acceptors (Lipinski definition) is 0. The Bertz CT molecular complexity index is 1590. The quantitative estimate of drug-likeness (QED) is 0.214. The Balaban J connectivity index is 0.00000217. The Morgan fingerprint density at radius 3 is 0.766 bits per heavy atom. The molecule has 0 N–H and O–H groups in total. The van der Waals surface area contributed by atoms with Crippen LogP contribution in [0.3, 0.4) is 0 Å². The molecule has 1 aliphatic heterocycles. The van der Waals surface area contributed by atoms with Crippen LogP contribution in [-0.2, 0) is 41.9 Å². The SMILES string of the molecule is CC(C)(C)c1ccc2c(c1)[CH]([Zr+2]1([CH]3c4cc(C(C)(C)C)ccc4-c4ccc(C(C)(C)C)cc43)[CH2][CH2]1)c1cc(C(C)(C)C)ccc1-2.[Cl-].[Cl-]. The topological polar surface area (TPSA) is 0 Å². The predicted molar refractivity (Wildman–Crippen MR) is 192 cm³/mol. The maximum Gasteiger partial charge on any atom is -1.00 e. The number of halogens is 2. The minimum Gasteiger partial charge on any atom is -1.00 e. The van der Waals surface area contributed by atoms with Gasteiger partial charge in [0.05, 0.1) is 0 Å². The molecule has 4 aromatic rings. The number of benzene rings is 4. The smallest absolute Gasteiger partial charge is 1.00 e. The summed E-state index contributed by atoms with van der Waals surface area (Å²) in [5.41, 5.74) is 19.1. The van der Waals surface area contributed by atoms with Crippen molar-refractivity contribution in [3.05, 3.63) is 117 Å². The van der Waals surface area contributed by atoms with Gasteiger partial charge in [0.25, 0.3) is 0 Å². The van der Waals surface area contributed by atoms with Crippen molar-refractivity contribution < 1.29 is 45.1 Å². The molecule has 1 fully saturated rings. The van der Waals surface area contributed by atoms with Gasteiger partial charge in [0.1, 0.15) is 0 Å². The third-order valence-corrected chi connectivity index (χ3v) is 24.2. The standard InChI is InChI=1S/2C21H25.C2H4.2ClH.Zr/c2*1-20(2,3)16-7-9-18-14(12-16)11-15-13-17(21(4,5)6)8-10-19(15)18;1-2;;;/h2*7-13H,1-6H3;1-2H2;2*1H;/q;;;;;+2/p-2. The monoisotopic (exact) mass is 742 g/mol. The Morgan fingerprint density at radius 2 is 0.596 bits per heavy atom. The van der Waals surface area contributed by atoms with E-state index in [-0.39, 0.29) is 46.5 Å². The molecule has 47 heavy (non-hydrogen) atoms. The van der Waals surface area contributed by atoms with Crippen LogP contribution in [0.25, 0.3) is 22.3 Å². The third-order valence-electron chi connectivity index (χ3n) is 11.5. The predicted octanol–water partition coefficient (Wildman–Crippen LogP) is 6.73. The first-order valence-electron chi connectivity index (χ1n) is 17.4. The van der Waals surface area contributed by atoms with E-state index in [2.05, 4.69) is 156 Å². The van der Waals surface area contributed by atoms with Crippen molar-refractivity contribution in [3.8, 4) is 22.3 Å². The van der Waals surface area contributed by atoms with Crippen LogP contribution >= 0.6 is 0 Å². The summed E-state index contributed by atoms with van der Waals surface area (Å²) in [5.74, 6) is 0. The zero-order chi connectivity index (χ0) is 32.5. The number of hydrogen-bond donors (Lipinski definition) is 0. The van der Waals surface area contributed by atoms with Gasteiger partial charge < -0.3 is 24.8 Å². The summed E-state index contributed by atoms with van der Waals surface area (Å²) >= 11 is -2.98. The van der Waals surface area contributed by atoms with Crippen molar-refractivity contribution >= 4 is 0 Å². The van der Waals surface area contributed by atoms with Gasteiger partial charge in [-0.1, -0.05) is 0 Å². The fourth-order valence-corrected chi connectivity index (χ4v) is 25.5. The van der Waals surface area contributed by atoms with Crippen LogP contribution < -0.4 is 24.8 Å². The summed E-state index contributed by atoms with van der Waals surface area (Å²) in [6.07, 6.45) is 0. The largest absolute Gasteiger partial charge is 1.00 e. The van der Waals surface area contributed by atoms with Crippen molar-refractivity contribution in [1.29, 1.82) is 0 Å². The van der Waals surface area contributed by atoms with Gasteiger partial charge in [0.2, 0.25) is 0 Å². The van der Waals surface area contributed by atoms with Gasteiger partial charge in [-0.25, -0.2) is 0 Å². The van der Waals surface area contributed by atoms with Gasteiger partial charge >= 0.3 is 280 Å². The minimum atomic E-state index is -2.98. The molecule has 0 bridgehead atoms. The van der Waals surface area contributed by atoms with Gasteiger partial charge in [-0.3, -0.25) is 0 Å². The normalized spacial score (nSPS) is 16.2. The second kappa shape index (κ2) is 11.7. The third kappa shape index (κ3) is 5.98. The van der Waals surface area contributed by atoms with Crippen LogP contribution in [0, 0.1) is 0 Å². The van der Waals surface area contributed by atoms with Crippen molar-refractivity contribution in [2.45, 2.75) is 120 Å². The van der Waals surface area contributed by atoms with Crippen LogP contribution in [0.4, 0.5) is 0 Å². The molecule has 3 heteroatoms. The Morgan fingerprint density at radius 1 is 0.383 bits per heavy atom. The molecule has 248 valence electrons. The fourth-order valence-electron chi connectivity index (χ4n) is 8.52. The molecule has 0 atom stereocenters. The molecule has 0 nitrogen and oxygen atoms in total. The van der Waals surface area contributed by atoms with Crippen molar-refractivity contribution in [2.75, 3.05) is 0 Å². The molecule has 1 heterocycles. The molecule has 4 aromatic carbocycles. The molecule has 0 radical (unpaired) electrons. The first-order valence-corrected chi connectivity index (χ1v) is 23.7.